The highest BCUT2D eigenvalue weighted by Crippen LogP contribution is 2.21. The van der Waals surface area contributed by atoms with Gasteiger partial charge in [-0.15, -0.1) is 0 Å². The Bertz CT molecular complexity index is 2190. The van der Waals surface area contributed by atoms with E-state index in [4.69, 9.17) is 22.9 Å². The zero-order valence-corrected chi connectivity index (χ0v) is 42.7. The highest BCUT2D eigenvalue weighted by atomic mass is 16.3. The zero-order valence-electron chi connectivity index (χ0n) is 42.7. The number of phenolic OH excluding ortho intramolecular Hbond substituents is 1. The van der Waals surface area contributed by atoms with Crippen LogP contribution >= 0.6 is 0 Å². The maximum Gasteiger partial charge on any atom is 0.245 e. The number of benzene rings is 1. The van der Waals surface area contributed by atoms with Crippen LogP contribution in [0.4, 0.5) is 0 Å². The molecule has 0 bridgehead atoms. The third-order valence-electron chi connectivity index (χ3n) is 12.7. The molecule has 416 valence electrons. The Morgan fingerprint density at radius 1 is 0.573 bits per heavy atom. The van der Waals surface area contributed by atoms with Gasteiger partial charge in [0.1, 0.15) is 48.0 Å². The molecule has 75 heavy (non-hydrogen) atoms. The summed E-state index contributed by atoms with van der Waals surface area (Å²) < 4.78 is 0. The second-order valence-corrected chi connectivity index (χ2v) is 19.5. The van der Waals surface area contributed by atoms with Gasteiger partial charge in [0.2, 0.25) is 70.9 Å². The predicted octanol–water partition coefficient (Wildman–Crippen LogP) is -3.23. The Kier molecular flexibility index (Phi) is 25.9. The fourth-order valence-electron chi connectivity index (χ4n) is 8.74. The molecule has 0 radical (unpaired) electrons. The summed E-state index contributed by atoms with van der Waals surface area (Å²) in [6.45, 7) is 3.23. The molecule has 2 fully saturated rings. The van der Waals surface area contributed by atoms with Crippen molar-refractivity contribution in [2.45, 2.75) is 178 Å². The molecule has 12 amide bonds. The number of fused-ring (bicyclic) bond motifs is 1. The first kappa shape index (κ1) is 61.9. The number of carbonyl (C=O) groups is 12. The molecule has 0 unspecified atom stereocenters. The van der Waals surface area contributed by atoms with Crippen LogP contribution in [0.15, 0.2) is 24.3 Å². The molecule has 0 saturated carbocycles. The number of hydrogen-bond acceptors (Lipinski definition) is 14. The van der Waals surface area contributed by atoms with E-state index in [1.54, 1.807) is 0 Å². The van der Waals surface area contributed by atoms with Crippen molar-refractivity contribution in [3.05, 3.63) is 29.8 Å². The van der Waals surface area contributed by atoms with Gasteiger partial charge in [-0.05, 0) is 49.3 Å². The van der Waals surface area contributed by atoms with Gasteiger partial charge >= 0.3 is 0 Å². The monoisotopic (exact) mass is 1060 g/mol. The van der Waals surface area contributed by atoms with Crippen molar-refractivity contribution in [2.24, 2.45) is 28.9 Å². The molecule has 8 atom stereocenters. The van der Waals surface area contributed by atoms with E-state index >= 15 is 0 Å². The average molecular weight is 1060 g/mol. The quantitative estimate of drug-likeness (QED) is 0.0509. The van der Waals surface area contributed by atoms with Gasteiger partial charge in [-0.25, -0.2) is 0 Å². The standard InChI is InChI=1S/C49H76N12O14/c1-27(2)11-8-6-4-3-5-7-9-12-29-22-42(68)55-33(23-39(51)65)44(70)57-32(21-28-14-16-30(63)17-15-28)43(69)58-34(24-40(52)66)45(71)56-31(18-19-38(50)64)49(75)61-20-10-13-37(61)48(74)59-35(25-41(53)67)46(72)60-36(26-62)47(73)54-29/h14-17,27,29,31-37,62-63H,3-13,18-26H2,1-2H3,(H2,50,64)(H2,51,65)(H2,52,66)(H2,53,67)(H,54,73)(H,55,68)(H,56,71)(H,57,70)(H,58,69)(H,59,74)(H,60,72)/t29-,31+,32-,33+,34-,35-,36+,37+/m1/s1. The van der Waals surface area contributed by atoms with Gasteiger partial charge in [-0.3, -0.25) is 57.5 Å². The lowest BCUT2D eigenvalue weighted by molar-refractivity contribution is -0.143. The lowest BCUT2D eigenvalue weighted by atomic mass is 10.0. The summed E-state index contributed by atoms with van der Waals surface area (Å²) in [5.74, 6) is -12.0. The lowest BCUT2D eigenvalue weighted by Crippen LogP contribution is -2.60. The number of nitrogens with one attached hydrogen (secondary N) is 7. The number of aliphatic hydroxyl groups excluding tert-OH is 1. The van der Waals surface area contributed by atoms with E-state index < -0.39 is 164 Å². The first-order valence-electron chi connectivity index (χ1n) is 25.4. The molecule has 2 heterocycles. The minimum atomic E-state index is -1.86. The molecule has 1 aromatic rings. The van der Waals surface area contributed by atoms with Gasteiger partial charge in [0, 0.05) is 31.8 Å². The smallest absolute Gasteiger partial charge is 0.245 e. The number of rotatable bonds is 22. The molecular weight excluding hydrogens is 981 g/mol. The van der Waals surface area contributed by atoms with Crippen LogP contribution in [0.1, 0.15) is 129 Å². The van der Waals surface area contributed by atoms with Crippen LogP contribution in [0, 0.1) is 5.92 Å². The molecular formula is C49H76N12O14. The van der Waals surface area contributed by atoms with Crippen LogP contribution in [0.5, 0.6) is 5.75 Å². The molecule has 1 aromatic carbocycles. The molecule has 3 rings (SSSR count). The number of carbonyl (C=O) groups excluding carboxylic acids is 12. The highest BCUT2D eigenvalue weighted by Gasteiger charge is 2.41. The molecule has 26 heteroatoms. The second-order valence-electron chi connectivity index (χ2n) is 19.5. The third-order valence-corrected chi connectivity index (χ3v) is 12.7. The van der Waals surface area contributed by atoms with Gasteiger partial charge in [0.15, 0.2) is 0 Å². The van der Waals surface area contributed by atoms with Crippen molar-refractivity contribution in [2.75, 3.05) is 13.2 Å². The van der Waals surface area contributed by atoms with E-state index in [-0.39, 0.29) is 38.0 Å². The van der Waals surface area contributed by atoms with Gasteiger partial charge < -0.3 is 75.3 Å². The maximum atomic E-state index is 14.3. The van der Waals surface area contributed by atoms with E-state index in [1.165, 1.54) is 24.3 Å². The van der Waals surface area contributed by atoms with Crippen molar-refractivity contribution >= 4 is 70.9 Å². The van der Waals surface area contributed by atoms with Crippen molar-refractivity contribution in [3.8, 4) is 5.75 Å². The highest BCUT2D eigenvalue weighted by molar-refractivity contribution is 6.00. The fraction of sp³-hybridized carbons (Fsp3) is 0.633. The summed E-state index contributed by atoms with van der Waals surface area (Å²) >= 11 is 0. The fourth-order valence-corrected chi connectivity index (χ4v) is 8.74. The number of nitrogens with zero attached hydrogens (tertiary/aromatic N) is 1. The Balaban J connectivity index is 2.12. The van der Waals surface area contributed by atoms with Crippen LogP contribution in [0.3, 0.4) is 0 Å². The number of aromatic hydroxyl groups is 1. The normalized spacial score (nSPS) is 24.0. The molecule has 17 N–H and O–H groups in total. The topological polar surface area (TPSA) is 437 Å². The van der Waals surface area contributed by atoms with Crippen LogP contribution in [0.2, 0.25) is 0 Å². The first-order valence-corrected chi connectivity index (χ1v) is 25.4. The van der Waals surface area contributed by atoms with Gasteiger partial charge in [0.05, 0.1) is 25.9 Å². The van der Waals surface area contributed by atoms with Crippen molar-refractivity contribution in [3.63, 3.8) is 0 Å². The van der Waals surface area contributed by atoms with Crippen LogP contribution in [0.25, 0.3) is 0 Å². The Hall–Kier alpha value is -7.38. The largest absolute Gasteiger partial charge is 0.508 e. The first-order chi connectivity index (χ1) is 35.5. The van der Waals surface area contributed by atoms with E-state index in [9.17, 15) is 67.7 Å². The van der Waals surface area contributed by atoms with Crippen molar-refractivity contribution < 1.29 is 67.7 Å². The number of primary amides is 4. The zero-order chi connectivity index (χ0) is 55.8. The van der Waals surface area contributed by atoms with Gasteiger partial charge in [-0.1, -0.05) is 77.3 Å². The maximum absolute atomic E-state index is 14.3. The summed E-state index contributed by atoms with van der Waals surface area (Å²) in [6.07, 6.45) is 3.40. The van der Waals surface area contributed by atoms with Crippen molar-refractivity contribution in [1.82, 2.24) is 42.1 Å². The molecule has 26 nitrogen and oxygen atoms in total. The molecule has 2 saturated heterocycles. The molecule has 0 aromatic heterocycles. The Morgan fingerprint density at radius 2 is 1.04 bits per heavy atom. The SMILES string of the molecule is CC(C)CCCCCCCCC[C@@H]1CC(=O)N[C@@H](CC(N)=O)C(=O)N[C@H](Cc2ccc(O)cc2)C(=O)N[C@H](CC(N)=O)C(=O)N[C@@H](CCC(N)=O)C(=O)N2CCC[C@H]2C(=O)N[C@H](CC(N)=O)C(=O)N[C@@H](CO)C(=O)N1. The summed E-state index contributed by atoms with van der Waals surface area (Å²) in [4.78, 5) is 162. The minimum absolute atomic E-state index is 0.00268. The number of hydrogen-bond donors (Lipinski definition) is 13. The van der Waals surface area contributed by atoms with Crippen LogP contribution in [-0.4, -0.2) is 147 Å². The third kappa shape index (κ3) is 22.3. The van der Waals surface area contributed by atoms with Gasteiger partial charge in [0.25, 0.3) is 0 Å². The number of amides is 12. The summed E-state index contributed by atoms with van der Waals surface area (Å²) in [7, 11) is 0. The van der Waals surface area contributed by atoms with Crippen molar-refractivity contribution in [1.29, 1.82) is 0 Å². The molecule has 0 spiro atoms. The Morgan fingerprint density at radius 3 is 1.57 bits per heavy atom. The molecule has 2 aliphatic heterocycles. The van der Waals surface area contributed by atoms with E-state index in [0.29, 0.717) is 24.3 Å². The summed E-state index contributed by atoms with van der Waals surface area (Å²) in [5, 5.41) is 37.3. The predicted molar refractivity (Wildman–Crippen MR) is 268 cm³/mol. The molecule has 2 aliphatic rings. The van der Waals surface area contributed by atoms with Gasteiger partial charge in [-0.2, -0.15) is 0 Å². The summed E-state index contributed by atoms with van der Waals surface area (Å²) in [6, 6.07) is -7.36. The van der Waals surface area contributed by atoms with E-state index in [0.717, 1.165) is 43.4 Å². The second kappa shape index (κ2) is 31.4. The number of unbranched alkanes of at least 4 members (excludes halogenated alkanes) is 6. The molecule has 0 aliphatic carbocycles. The lowest BCUT2D eigenvalue weighted by Gasteiger charge is -2.31. The summed E-state index contributed by atoms with van der Waals surface area (Å²) in [5.41, 5.74) is 22.2. The van der Waals surface area contributed by atoms with Crippen LogP contribution in [-0.2, 0) is 64.0 Å². The van der Waals surface area contributed by atoms with E-state index in [2.05, 4.69) is 51.1 Å². The van der Waals surface area contributed by atoms with E-state index in [1.807, 2.05) is 0 Å². The number of phenols is 1. The minimum Gasteiger partial charge on any atom is -0.508 e. The number of nitrogens with two attached hydrogens (primary N) is 4. The Labute approximate surface area is 435 Å². The number of aliphatic hydroxyl groups is 1. The average Bonchev–Trinajstić information content (AvgIpc) is 3.83. The van der Waals surface area contributed by atoms with Crippen LogP contribution < -0.4 is 60.2 Å².